The largest absolute Gasteiger partial charge is 0.495 e. The SMILES string of the molecule is COc1ccc(N(CC(=O)N(Cc2ccccc2F)C(C)C(=O)NC(C)(C)C)S(C)(=O)=O)cc1Cl. The van der Waals surface area contributed by atoms with Crippen LogP contribution in [-0.4, -0.2) is 56.6 Å². The lowest BCUT2D eigenvalue weighted by Gasteiger charge is -2.33. The molecule has 1 N–H and O–H groups in total. The summed E-state index contributed by atoms with van der Waals surface area (Å²) in [5, 5.41) is 2.96. The van der Waals surface area contributed by atoms with Crippen molar-refractivity contribution >= 4 is 39.1 Å². The molecule has 8 nitrogen and oxygen atoms in total. The van der Waals surface area contributed by atoms with Crippen molar-refractivity contribution in [3.63, 3.8) is 0 Å². The highest BCUT2D eigenvalue weighted by atomic mass is 35.5. The average molecular weight is 528 g/mol. The van der Waals surface area contributed by atoms with E-state index in [0.29, 0.717) is 5.75 Å². The predicted octanol–water partition coefficient (Wildman–Crippen LogP) is 3.59. The first-order chi connectivity index (χ1) is 16.1. The Morgan fingerprint density at radius 1 is 1.17 bits per heavy atom. The third-order valence-electron chi connectivity index (χ3n) is 5.07. The fourth-order valence-electron chi connectivity index (χ4n) is 3.29. The summed E-state index contributed by atoms with van der Waals surface area (Å²) >= 11 is 6.16. The molecular formula is C24H31ClFN3O5S. The second kappa shape index (κ2) is 11.3. The Kier molecular flexibility index (Phi) is 9.13. The van der Waals surface area contributed by atoms with Gasteiger partial charge in [-0.1, -0.05) is 29.8 Å². The minimum atomic E-state index is -3.93. The molecule has 192 valence electrons. The predicted molar refractivity (Wildman–Crippen MR) is 135 cm³/mol. The maximum atomic E-state index is 14.4. The summed E-state index contributed by atoms with van der Waals surface area (Å²) in [6.07, 6.45) is 0.954. The molecular weight excluding hydrogens is 497 g/mol. The summed E-state index contributed by atoms with van der Waals surface area (Å²) in [6, 6.07) is 9.17. The first-order valence-corrected chi connectivity index (χ1v) is 13.0. The van der Waals surface area contributed by atoms with E-state index < -0.39 is 45.8 Å². The standard InChI is InChI=1S/C24H31ClFN3O5S/c1-16(23(31)27-24(2,3)4)28(14-17-9-7-8-10-20(17)26)22(30)15-29(35(6,32)33)18-11-12-21(34-5)19(25)13-18/h7-13,16H,14-15H2,1-6H3,(H,27,31). The van der Waals surface area contributed by atoms with Gasteiger partial charge in [-0.25, -0.2) is 12.8 Å². The monoisotopic (exact) mass is 527 g/mol. The van der Waals surface area contributed by atoms with Gasteiger partial charge in [0.25, 0.3) is 0 Å². The molecule has 1 unspecified atom stereocenters. The van der Waals surface area contributed by atoms with Gasteiger partial charge in [-0.3, -0.25) is 13.9 Å². The number of hydrogen-bond acceptors (Lipinski definition) is 5. The van der Waals surface area contributed by atoms with E-state index in [2.05, 4.69) is 5.32 Å². The summed E-state index contributed by atoms with van der Waals surface area (Å²) in [7, 11) is -2.51. The molecule has 0 saturated carbocycles. The van der Waals surface area contributed by atoms with Crippen molar-refractivity contribution in [2.75, 3.05) is 24.2 Å². The number of sulfonamides is 1. The first kappa shape index (κ1) is 28.4. The van der Waals surface area contributed by atoms with E-state index in [-0.39, 0.29) is 22.8 Å². The number of hydrogen-bond donors (Lipinski definition) is 1. The van der Waals surface area contributed by atoms with Gasteiger partial charge in [0.15, 0.2) is 0 Å². The van der Waals surface area contributed by atoms with Crippen LogP contribution in [0.1, 0.15) is 33.3 Å². The van der Waals surface area contributed by atoms with Gasteiger partial charge in [-0.2, -0.15) is 0 Å². The number of carbonyl (C=O) groups excluding carboxylic acids is 2. The molecule has 0 bridgehead atoms. The molecule has 0 aliphatic carbocycles. The Morgan fingerprint density at radius 3 is 2.31 bits per heavy atom. The summed E-state index contributed by atoms with van der Waals surface area (Å²) in [5.74, 6) is -1.36. The molecule has 0 saturated heterocycles. The number of benzene rings is 2. The van der Waals surface area contributed by atoms with Crippen LogP contribution in [0.15, 0.2) is 42.5 Å². The van der Waals surface area contributed by atoms with Crippen molar-refractivity contribution in [1.29, 1.82) is 0 Å². The van der Waals surface area contributed by atoms with E-state index in [4.69, 9.17) is 16.3 Å². The Hall–Kier alpha value is -2.85. The fourth-order valence-corrected chi connectivity index (χ4v) is 4.38. The minimum Gasteiger partial charge on any atom is -0.495 e. The van der Waals surface area contributed by atoms with Crippen LogP contribution in [0.5, 0.6) is 5.75 Å². The van der Waals surface area contributed by atoms with E-state index in [1.807, 2.05) is 0 Å². The van der Waals surface area contributed by atoms with Crippen LogP contribution >= 0.6 is 11.6 Å². The van der Waals surface area contributed by atoms with Crippen LogP contribution in [0, 0.1) is 5.82 Å². The average Bonchev–Trinajstić information content (AvgIpc) is 2.74. The normalized spacial score (nSPS) is 12.6. The third kappa shape index (κ3) is 7.83. The first-order valence-electron chi connectivity index (χ1n) is 10.8. The number of nitrogens with one attached hydrogen (secondary N) is 1. The highest BCUT2D eigenvalue weighted by molar-refractivity contribution is 7.92. The number of halogens is 2. The van der Waals surface area contributed by atoms with Crippen molar-refractivity contribution in [2.45, 2.75) is 45.8 Å². The van der Waals surface area contributed by atoms with Crippen LogP contribution in [0.3, 0.4) is 0 Å². The number of nitrogens with zero attached hydrogens (tertiary/aromatic N) is 2. The van der Waals surface area contributed by atoms with Crippen molar-refractivity contribution < 1.29 is 27.1 Å². The molecule has 0 aromatic heterocycles. The quantitative estimate of drug-likeness (QED) is 0.537. The van der Waals surface area contributed by atoms with Gasteiger partial charge in [0.05, 0.1) is 24.1 Å². The summed E-state index contributed by atoms with van der Waals surface area (Å²) < 4.78 is 45.6. The minimum absolute atomic E-state index is 0.143. The zero-order valence-electron chi connectivity index (χ0n) is 20.6. The van der Waals surface area contributed by atoms with Crippen molar-refractivity contribution in [2.24, 2.45) is 0 Å². The van der Waals surface area contributed by atoms with Crippen LogP contribution < -0.4 is 14.4 Å². The number of carbonyl (C=O) groups is 2. The number of ether oxygens (including phenoxy) is 1. The van der Waals surface area contributed by atoms with Gasteiger partial charge in [-0.05, 0) is 52.0 Å². The Balaban J connectivity index is 2.45. The number of anilines is 1. The third-order valence-corrected chi connectivity index (χ3v) is 6.50. The van der Waals surface area contributed by atoms with Gasteiger partial charge in [0.2, 0.25) is 21.8 Å². The molecule has 11 heteroatoms. The molecule has 2 rings (SSSR count). The molecule has 2 aromatic rings. The second-order valence-corrected chi connectivity index (χ2v) is 11.4. The van der Waals surface area contributed by atoms with Gasteiger partial charge in [-0.15, -0.1) is 0 Å². The second-order valence-electron chi connectivity index (χ2n) is 9.12. The summed E-state index contributed by atoms with van der Waals surface area (Å²) in [5.41, 5.74) is -0.240. The Bertz CT molecular complexity index is 1180. The van der Waals surface area contributed by atoms with Crippen molar-refractivity contribution in [3.05, 3.63) is 58.9 Å². The van der Waals surface area contributed by atoms with Crippen LogP contribution in [0.4, 0.5) is 10.1 Å². The molecule has 35 heavy (non-hydrogen) atoms. The lowest BCUT2D eigenvalue weighted by molar-refractivity contribution is -0.140. The molecule has 0 spiro atoms. The van der Waals surface area contributed by atoms with Gasteiger partial charge < -0.3 is 15.0 Å². The Morgan fingerprint density at radius 2 is 1.80 bits per heavy atom. The molecule has 2 amide bonds. The zero-order chi connectivity index (χ0) is 26.6. The maximum Gasteiger partial charge on any atom is 0.244 e. The lowest BCUT2D eigenvalue weighted by atomic mass is 10.1. The van der Waals surface area contributed by atoms with E-state index >= 15 is 0 Å². The van der Waals surface area contributed by atoms with E-state index in [9.17, 15) is 22.4 Å². The topological polar surface area (TPSA) is 96.0 Å². The van der Waals surface area contributed by atoms with Gasteiger partial charge in [0, 0.05) is 17.6 Å². The van der Waals surface area contributed by atoms with Crippen molar-refractivity contribution in [3.8, 4) is 5.75 Å². The lowest BCUT2D eigenvalue weighted by Crippen LogP contribution is -2.54. The zero-order valence-corrected chi connectivity index (χ0v) is 22.2. The molecule has 0 radical (unpaired) electrons. The number of amides is 2. The van der Waals surface area contributed by atoms with E-state index in [1.54, 1.807) is 26.8 Å². The maximum absolute atomic E-state index is 14.4. The Labute approximate surface area is 211 Å². The molecule has 0 aliphatic rings. The van der Waals surface area contributed by atoms with Crippen LogP contribution in [0.2, 0.25) is 5.02 Å². The van der Waals surface area contributed by atoms with E-state index in [1.165, 1.54) is 50.4 Å². The van der Waals surface area contributed by atoms with Crippen LogP contribution in [-0.2, 0) is 26.2 Å². The molecule has 0 fully saturated rings. The highest BCUT2D eigenvalue weighted by Crippen LogP contribution is 2.30. The number of methoxy groups -OCH3 is 1. The van der Waals surface area contributed by atoms with Crippen molar-refractivity contribution in [1.82, 2.24) is 10.2 Å². The summed E-state index contributed by atoms with van der Waals surface area (Å²) in [4.78, 5) is 27.5. The highest BCUT2D eigenvalue weighted by Gasteiger charge is 2.32. The van der Waals surface area contributed by atoms with E-state index in [0.717, 1.165) is 15.5 Å². The molecule has 0 heterocycles. The molecule has 0 aliphatic heterocycles. The molecule has 1 atom stereocenters. The van der Waals surface area contributed by atoms with Crippen LogP contribution in [0.25, 0.3) is 0 Å². The molecule has 2 aromatic carbocycles. The smallest absolute Gasteiger partial charge is 0.244 e. The summed E-state index contributed by atoms with van der Waals surface area (Å²) in [6.45, 7) is 6.03. The number of rotatable bonds is 9. The van der Waals surface area contributed by atoms with Gasteiger partial charge >= 0.3 is 0 Å². The fraction of sp³-hybridized carbons (Fsp3) is 0.417. The van der Waals surface area contributed by atoms with Gasteiger partial charge in [0.1, 0.15) is 24.2 Å².